The number of hydrogen-bond donors (Lipinski definition) is 1. The van der Waals surface area contributed by atoms with Crippen molar-refractivity contribution in [2.45, 2.75) is 51.9 Å². The molecule has 0 unspecified atom stereocenters. The summed E-state index contributed by atoms with van der Waals surface area (Å²) in [4.78, 5) is 15.1. The third-order valence-corrected chi connectivity index (χ3v) is 4.65. The van der Waals surface area contributed by atoms with E-state index in [2.05, 4.69) is 18.8 Å². The van der Waals surface area contributed by atoms with E-state index in [4.69, 9.17) is 5.11 Å². The van der Waals surface area contributed by atoms with Crippen LogP contribution in [0.25, 0.3) is 0 Å². The van der Waals surface area contributed by atoms with Crippen molar-refractivity contribution in [1.82, 2.24) is 4.98 Å². The lowest BCUT2D eigenvalue weighted by molar-refractivity contribution is -0.136. The van der Waals surface area contributed by atoms with E-state index in [0.29, 0.717) is 17.0 Å². The van der Waals surface area contributed by atoms with Gasteiger partial charge in [0.1, 0.15) is 0 Å². The summed E-state index contributed by atoms with van der Waals surface area (Å²) in [5.41, 5.74) is 1.18. The number of carboxylic acid groups (broad SMARTS) is 1. The predicted molar refractivity (Wildman–Crippen MR) is 68.4 cm³/mol. The molecule has 3 nitrogen and oxygen atoms in total. The zero-order chi connectivity index (χ0) is 12.5. The lowest BCUT2D eigenvalue weighted by Crippen LogP contribution is -2.20. The van der Waals surface area contributed by atoms with Crippen LogP contribution in [-0.4, -0.2) is 16.1 Å². The minimum absolute atomic E-state index is 0.0503. The first-order valence-corrected chi connectivity index (χ1v) is 7.00. The van der Waals surface area contributed by atoms with Gasteiger partial charge in [-0.1, -0.05) is 13.8 Å². The lowest BCUT2D eigenvalue weighted by Gasteiger charge is -2.33. The Morgan fingerprint density at radius 3 is 2.76 bits per heavy atom. The molecule has 1 aromatic heterocycles. The number of carbonyl (C=O) groups is 1. The Balaban J connectivity index is 1.99. The summed E-state index contributed by atoms with van der Waals surface area (Å²) in [5, 5.41) is 11.7. The molecule has 17 heavy (non-hydrogen) atoms. The van der Waals surface area contributed by atoms with Crippen LogP contribution in [0.5, 0.6) is 0 Å². The highest BCUT2D eigenvalue weighted by Gasteiger charge is 2.29. The molecule has 0 bridgehead atoms. The summed E-state index contributed by atoms with van der Waals surface area (Å²) < 4.78 is 0. The second-order valence-electron chi connectivity index (χ2n) is 5.69. The second-order valence-corrected chi connectivity index (χ2v) is 6.58. The first-order chi connectivity index (χ1) is 7.96. The van der Waals surface area contributed by atoms with Gasteiger partial charge in [0.25, 0.3) is 0 Å². The van der Waals surface area contributed by atoms with Crippen molar-refractivity contribution < 1.29 is 9.90 Å². The molecule has 1 heterocycles. The Kier molecular flexibility index (Phi) is 3.52. The van der Waals surface area contributed by atoms with Crippen molar-refractivity contribution in [1.29, 1.82) is 0 Å². The van der Waals surface area contributed by atoms with Crippen molar-refractivity contribution in [2.75, 3.05) is 0 Å². The van der Waals surface area contributed by atoms with Gasteiger partial charge in [0.05, 0.1) is 17.1 Å². The molecule has 0 saturated heterocycles. The highest BCUT2D eigenvalue weighted by atomic mass is 32.1. The Morgan fingerprint density at radius 2 is 2.18 bits per heavy atom. The third kappa shape index (κ3) is 3.28. The molecule has 1 aliphatic rings. The molecular weight excluding hydrogens is 234 g/mol. The summed E-state index contributed by atoms with van der Waals surface area (Å²) in [6, 6.07) is 0. The summed E-state index contributed by atoms with van der Waals surface area (Å²) in [6.07, 6.45) is 4.91. The van der Waals surface area contributed by atoms with Gasteiger partial charge in [-0.2, -0.15) is 0 Å². The van der Waals surface area contributed by atoms with Gasteiger partial charge in [0.2, 0.25) is 0 Å². The smallest absolute Gasteiger partial charge is 0.309 e. The monoisotopic (exact) mass is 253 g/mol. The Bertz CT molecular complexity index is 401. The number of thiazole rings is 1. The number of hydrogen-bond acceptors (Lipinski definition) is 3. The van der Waals surface area contributed by atoms with Gasteiger partial charge >= 0.3 is 5.97 Å². The van der Waals surface area contributed by atoms with Gasteiger partial charge in [-0.05, 0) is 31.1 Å². The fraction of sp³-hybridized carbons (Fsp3) is 0.692. The number of nitrogens with zero attached hydrogens (tertiary/aromatic N) is 1. The molecule has 0 aliphatic heterocycles. The topological polar surface area (TPSA) is 50.2 Å². The maximum atomic E-state index is 10.6. The van der Waals surface area contributed by atoms with Crippen molar-refractivity contribution >= 4 is 17.3 Å². The fourth-order valence-corrected chi connectivity index (χ4v) is 3.38. The number of aliphatic carboxylic acids is 1. The number of aromatic nitrogens is 1. The van der Waals surface area contributed by atoms with Gasteiger partial charge in [-0.25, -0.2) is 4.98 Å². The largest absolute Gasteiger partial charge is 0.481 e. The normalized spacial score (nSPS) is 20.4. The van der Waals surface area contributed by atoms with Crippen LogP contribution in [-0.2, 0) is 11.2 Å². The molecule has 0 spiro atoms. The molecule has 1 aromatic rings. The molecular formula is C13H19NO2S. The van der Waals surface area contributed by atoms with E-state index in [-0.39, 0.29) is 6.42 Å². The average molecular weight is 253 g/mol. The molecule has 1 saturated carbocycles. The van der Waals surface area contributed by atoms with Crippen LogP contribution in [0.4, 0.5) is 0 Å². The second kappa shape index (κ2) is 4.77. The molecule has 0 atom stereocenters. The number of rotatable bonds is 3. The molecule has 1 fully saturated rings. The first kappa shape index (κ1) is 12.6. The van der Waals surface area contributed by atoms with Gasteiger partial charge in [-0.3, -0.25) is 4.79 Å². The van der Waals surface area contributed by atoms with E-state index in [1.807, 2.05) is 5.38 Å². The van der Waals surface area contributed by atoms with Crippen LogP contribution >= 0.6 is 11.3 Å². The Morgan fingerprint density at radius 1 is 1.53 bits per heavy atom. The van der Waals surface area contributed by atoms with Crippen LogP contribution in [0.3, 0.4) is 0 Å². The molecule has 2 rings (SSSR count). The Hall–Kier alpha value is -0.900. The van der Waals surface area contributed by atoms with E-state index in [9.17, 15) is 4.79 Å². The SMILES string of the molecule is CC1(C)CCC(c2nc(CC(=O)O)cs2)CC1. The summed E-state index contributed by atoms with van der Waals surface area (Å²) >= 11 is 1.62. The summed E-state index contributed by atoms with van der Waals surface area (Å²) in [5.74, 6) is -0.248. The van der Waals surface area contributed by atoms with Crippen molar-refractivity contribution in [3.8, 4) is 0 Å². The maximum absolute atomic E-state index is 10.6. The minimum atomic E-state index is -0.799. The highest BCUT2D eigenvalue weighted by molar-refractivity contribution is 7.09. The molecule has 0 amide bonds. The molecule has 4 heteroatoms. The van der Waals surface area contributed by atoms with Crippen LogP contribution in [0.2, 0.25) is 0 Å². The Labute approximate surface area is 106 Å². The van der Waals surface area contributed by atoms with Crippen molar-refractivity contribution in [3.05, 3.63) is 16.1 Å². The highest BCUT2D eigenvalue weighted by Crippen LogP contribution is 2.42. The summed E-state index contributed by atoms with van der Waals surface area (Å²) in [7, 11) is 0. The van der Waals surface area contributed by atoms with Crippen molar-refractivity contribution in [3.63, 3.8) is 0 Å². The van der Waals surface area contributed by atoms with E-state index in [0.717, 1.165) is 5.01 Å². The van der Waals surface area contributed by atoms with Gasteiger partial charge in [0.15, 0.2) is 0 Å². The zero-order valence-electron chi connectivity index (χ0n) is 10.4. The zero-order valence-corrected chi connectivity index (χ0v) is 11.2. The minimum Gasteiger partial charge on any atom is -0.481 e. The lowest BCUT2D eigenvalue weighted by atomic mass is 9.73. The molecule has 94 valence electrons. The van der Waals surface area contributed by atoms with Gasteiger partial charge in [0, 0.05) is 11.3 Å². The van der Waals surface area contributed by atoms with Crippen LogP contribution in [0.15, 0.2) is 5.38 Å². The maximum Gasteiger partial charge on any atom is 0.309 e. The van der Waals surface area contributed by atoms with E-state index in [1.165, 1.54) is 25.7 Å². The molecule has 1 aliphatic carbocycles. The van der Waals surface area contributed by atoms with E-state index in [1.54, 1.807) is 11.3 Å². The third-order valence-electron chi connectivity index (χ3n) is 3.59. The standard InChI is InChI=1S/C13H19NO2S/c1-13(2)5-3-9(4-6-13)12-14-10(8-17-12)7-11(15)16/h8-9H,3-7H2,1-2H3,(H,15,16). The first-order valence-electron chi connectivity index (χ1n) is 6.12. The number of carboxylic acids is 1. The van der Waals surface area contributed by atoms with Gasteiger partial charge in [-0.15, -0.1) is 11.3 Å². The van der Waals surface area contributed by atoms with E-state index < -0.39 is 5.97 Å². The quantitative estimate of drug-likeness (QED) is 0.897. The molecule has 0 radical (unpaired) electrons. The van der Waals surface area contributed by atoms with Crippen LogP contribution in [0.1, 0.15) is 56.2 Å². The van der Waals surface area contributed by atoms with E-state index >= 15 is 0 Å². The summed E-state index contributed by atoms with van der Waals surface area (Å²) in [6.45, 7) is 4.64. The van der Waals surface area contributed by atoms with Crippen LogP contribution in [0, 0.1) is 5.41 Å². The van der Waals surface area contributed by atoms with Crippen molar-refractivity contribution in [2.24, 2.45) is 5.41 Å². The average Bonchev–Trinajstić information content (AvgIpc) is 2.65. The molecule has 0 aromatic carbocycles. The molecule has 1 N–H and O–H groups in total. The fourth-order valence-electron chi connectivity index (χ4n) is 2.39. The van der Waals surface area contributed by atoms with Crippen LogP contribution < -0.4 is 0 Å². The predicted octanol–water partition coefficient (Wildman–Crippen LogP) is 3.45. The van der Waals surface area contributed by atoms with Gasteiger partial charge < -0.3 is 5.11 Å².